The number of nitrogens with one attached hydrogen (secondary N) is 1. The number of H-pyrrole nitrogens is 1. The Morgan fingerprint density at radius 2 is 2.23 bits per heavy atom. The van der Waals surface area contributed by atoms with Crippen molar-refractivity contribution in [2.75, 3.05) is 0 Å². The summed E-state index contributed by atoms with van der Waals surface area (Å²) in [5.41, 5.74) is 2.79. The van der Waals surface area contributed by atoms with Crippen LogP contribution in [0.15, 0.2) is 22.8 Å². The van der Waals surface area contributed by atoms with Gasteiger partial charge in [-0.2, -0.15) is 5.26 Å². The average molecular weight is 235 g/mol. The molecule has 2 nitrogen and oxygen atoms in total. The molecule has 1 aromatic heterocycles. The molecule has 0 bridgehead atoms. The van der Waals surface area contributed by atoms with Crippen molar-refractivity contribution in [3.8, 4) is 6.07 Å². The number of aromatic nitrogens is 1. The summed E-state index contributed by atoms with van der Waals surface area (Å²) in [4.78, 5) is 3.12. The van der Waals surface area contributed by atoms with Gasteiger partial charge in [-0.3, -0.25) is 0 Å². The third-order valence-corrected chi connectivity index (χ3v) is 2.75. The fourth-order valence-corrected chi connectivity index (χ4v) is 1.81. The normalized spacial score (nSPS) is 10.2. The van der Waals surface area contributed by atoms with Crippen LogP contribution in [0.2, 0.25) is 0 Å². The number of aryl methyl sites for hydroxylation is 1. The number of nitriles is 1. The van der Waals surface area contributed by atoms with Crippen LogP contribution in [0.25, 0.3) is 10.9 Å². The van der Waals surface area contributed by atoms with E-state index in [0.717, 1.165) is 26.5 Å². The molecule has 0 aliphatic rings. The summed E-state index contributed by atoms with van der Waals surface area (Å²) < 4.78 is 0.999. The molecule has 0 aliphatic heterocycles. The first-order valence-corrected chi connectivity index (χ1v) is 4.69. The van der Waals surface area contributed by atoms with E-state index >= 15 is 0 Å². The smallest absolute Gasteiger partial charge is 0.0994 e. The molecule has 0 radical (unpaired) electrons. The monoisotopic (exact) mass is 234 g/mol. The molecule has 3 heteroatoms. The van der Waals surface area contributed by atoms with Gasteiger partial charge in [-0.05, 0) is 40.5 Å². The molecular weight excluding hydrogens is 228 g/mol. The van der Waals surface area contributed by atoms with Crippen LogP contribution in [-0.4, -0.2) is 4.98 Å². The maximum Gasteiger partial charge on any atom is 0.0994 e. The minimum absolute atomic E-state index is 0.729. The standard InChI is InChI=1S/C10H7BrN2/c1-6-2-10-8(3-7(6)4-12)9(11)5-13-10/h2-3,5,13H,1H3. The summed E-state index contributed by atoms with van der Waals surface area (Å²) in [5, 5.41) is 9.89. The van der Waals surface area contributed by atoms with E-state index < -0.39 is 0 Å². The molecule has 64 valence electrons. The first-order valence-electron chi connectivity index (χ1n) is 3.89. The molecule has 0 saturated carbocycles. The molecule has 1 heterocycles. The van der Waals surface area contributed by atoms with Crippen molar-refractivity contribution in [2.24, 2.45) is 0 Å². The first kappa shape index (κ1) is 8.33. The zero-order chi connectivity index (χ0) is 9.42. The van der Waals surface area contributed by atoms with Gasteiger partial charge < -0.3 is 4.98 Å². The number of rotatable bonds is 0. The molecule has 1 aromatic carbocycles. The molecule has 0 aliphatic carbocycles. The second-order valence-corrected chi connectivity index (χ2v) is 3.82. The number of aromatic amines is 1. The van der Waals surface area contributed by atoms with E-state index in [4.69, 9.17) is 5.26 Å². The fraction of sp³-hybridized carbons (Fsp3) is 0.100. The Morgan fingerprint density at radius 1 is 1.46 bits per heavy atom. The lowest BCUT2D eigenvalue weighted by Gasteiger charge is -1.97. The molecule has 1 N–H and O–H groups in total. The van der Waals surface area contributed by atoms with E-state index in [0.29, 0.717) is 0 Å². The van der Waals surface area contributed by atoms with Gasteiger partial charge >= 0.3 is 0 Å². The van der Waals surface area contributed by atoms with Crippen LogP contribution >= 0.6 is 15.9 Å². The summed E-state index contributed by atoms with van der Waals surface area (Å²) in [6, 6.07) is 6.05. The van der Waals surface area contributed by atoms with Gasteiger partial charge in [0.05, 0.1) is 11.6 Å². The Morgan fingerprint density at radius 3 is 2.92 bits per heavy atom. The van der Waals surface area contributed by atoms with Crippen LogP contribution in [-0.2, 0) is 0 Å². The summed E-state index contributed by atoms with van der Waals surface area (Å²) in [6.45, 7) is 1.94. The van der Waals surface area contributed by atoms with Crippen molar-refractivity contribution in [2.45, 2.75) is 6.92 Å². The fourth-order valence-electron chi connectivity index (χ4n) is 1.36. The number of fused-ring (bicyclic) bond motifs is 1. The number of halogens is 1. The zero-order valence-corrected chi connectivity index (χ0v) is 8.64. The summed E-state index contributed by atoms with van der Waals surface area (Å²) in [6.07, 6.45) is 1.88. The second-order valence-electron chi connectivity index (χ2n) is 2.96. The van der Waals surface area contributed by atoms with Crippen LogP contribution < -0.4 is 0 Å². The lowest BCUT2D eigenvalue weighted by atomic mass is 10.1. The SMILES string of the molecule is Cc1cc2[nH]cc(Br)c2cc1C#N. The topological polar surface area (TPSA) is 39.6 Å². The van der Waals surface area contributed by atoms with Crippen molar-refractivity contribution < 1.29 is 0 Å². The van der Waals surface area contributed by atoms with E-state index in [1.165, 1.54) is 0 Å². The molecule has 0 unspecified atom stereocenters. The Balaban J connectivity index is 2.86. The van der Waals surface area contributed by atoms with Crippen LogP contribution in [0.4, 0.5) is 0 Å². The van der Waals surface area contributed by atoms with Crippen LogP contribution in [0.5, 0.6) is 0 Å². The number of benzene rings is 1. The molecule has 0 amide bonds. The van der Waals surface area contributed by atoms with Crippen LogP contribution in [0.3, 0.4) is 0 Å². The summed E-state index contributed by atoms with van der Waals surface area (Å²) in [7, 11) is 0. The maximum absolute atomic E-state index is 8.83. The lowest BCUT2D eigenvalue weighted by molar-refractivity contribution is 1.40. The van der Waals surface area contributed by atoms with Crippen LogP contribution in [0, 0.1) is 18.3 Å². The van der Waals surface area contributed by atoms with Gasteiger partial charge in [-0.15, -0.1) is 0 Å². The molecule has 0 fully saturated rings. The number of nitrogens with zero attached hydrogens (tertiary/aromatic N) is 1. The number of hydrogen-bond donors (Lipinski definition) is 1. The van der Waals surface area contributed by atoms with E-state index in [9.17, 15) is 0 Å². The van der Waals surface area contributed by atoms with Gasteiger partial charge in [0.25, 0.3) is 0 Å². The van der Waals surface area contributed by atoms with Gasteiger partial charge in [0, 0.05) is 21.6 Å². The summed E-state index contributed by atoms with van der Waals surface area (Å²) >= 11 is 3.41. The largest absolute Gasteiger partial charge is 0.360 e. The second kappa shape index (κ2) is 2.90. The molecule has 0 saturated heterocycles. The summed E-state index contributed by atoms with van der Waals surface area (Å²) in [5.74, 6) is 0. The van der Waals surface area contributed by atoms with Gasteiger partial charge in [0.2, 0.25) is 0 Å². The Hall–Kier alpha value is -1.27. The molecule has 2 rings (SSSR count). The Labute approximate surface area is 84.3 Å². The predicted molar refractivity (Wildman–Crippen MR) is 55.5 cm³/mol. The molecule has 0 atom stereocenters. The molecule has 2 aromatic rings. The Bertz CT molecular complexity index is 505. The minimum atomic E-state index is 0.729. The van der Waals surface area contributed by atoms with E-state index in [2.05, 4.69) is 27.0 Å². The third kappa shape index (κ3) is 1.24. The van der Waals surface area contributed by atoms with Gasteiger partial charge in [-0.1, -0.05) is 0 Å². The highest BCUT2D eigenvalue weighted by Gasteiger charge is 2.04. The van der Waals surface area contributed by atoms with E-state index in [1.54, 1.807) is 0 Å². The highest BCUT2D eigenvalue weighted by Crippen LogP contribution is 2.25. The predicted octanol–water partition coefficient (Wildman–Crippen LogP) is 3.11. The van der Waals surface area contributed by atoms with E-state index in [-0.39, 0.29) is 0 Å². The molecule has 0 spiro atoms. The van der Waals surface area contributed by atoms with Crippen LogP contribution in [0.1, 0.15) is 11.1 Å². The van der Waals surface area contributed by atoms with Gasteiger partial charge in [-0.25, -0.2) is 0 Å². The minimum Gasteiger partial charge on any atom is -0.360 e. The highest BCUT2D eigenvalue weighted by atomic mass is 79.9. The van der Waals surface area contributed by atoms with Crippen molar-refractivity contribution in [1.82, 2.24) is 4.98 Å². The highest BCUT2D eigenvalue weighted by molar-refractivity contribution is 9.10. The average Bonchev–Trinajstić information content (AvgIpc) is 2.46. The number of hydrogen-bond acceptors (Lipinski definition) is 1. The molecule has 13 heavy (non-hydrogen) atoms. The molecular formula is C10H7BrN2. The maximum atomic E-state index is 8.83. The van der Waals surface area contributed by atoms with Gasteiger partial charge in [0.15, 0.2) is 0 Å². The first-order chi connectivity index (χ1) is 6.22. The van der Waals surface area contributed by atoms with Crippen molar-refractivity contribution in [3.05, 3.63) is 33.9 Å². The van der Waals surface area contributed by atoms with E-state index in [1.807, 2.05) is 25.3 Å². The lowest BCUT2D eigenvalue weighted by Crippen LogP contribution is -1.81. The van der Waals surface area contributed by atoms with Crippen molar-refractivity contribution in [3.63, 3.8) is 0 Å². The third-order valence-electron chi connectivity index (χ3n) is 2.10. The Kier molecular flexibility index (Phi) is 1.86. The van der Waals surface area contributed by atoms with Crippen molar-refractivity contribution >= 4 is 26.8 Å². The van der Waals surface area contributed by atoms with Crippen molar-refractivity contribution in [1.29, 1.82) is 5.26 Å². The zero-order valence-electron chi connectivity index (χ0n) is 7.06. The quantitative estimate of drug-likeness (QED) is 0.748. The van der Waals surface area contributed by atoms with Gasteiger partial charge in [0.1, 0.15) is 0 Å².